The van der Waals surface area contributed by atoms with Crippen molar-refractivity contribution in [3.8, 4) is 11.6 Å². The zero-order valence-electron chi connectivity index (χ0n) is 15.0. The van der Waals surface area contributed by atoms with Gasteiger partial charge < -0.3 is 9.47 Å². The van der Waals surface area contributed by atoms with Gasteiger partial charge in [-0.15, -0.1) is 0 Å². The number of carbonyl (C=O) groups is 1. The maximum absolute atomic E-state index is 12.4. The second kappa shape index (κ2) is 8.35. The summed E-state index contributed by atoms with van der Waals surface area (Å²) in [7, 11) is 0. The van der Waals surface area contributed by atoms with Gasteiger partial charge >= 0.3 is 12.6 Å². The van der Waals surface area contributed by atoms with Gasteiger partial charge in [0.25, 0.3) is 0 Å². The quantitative estimate of drug-likeness (QED) is 0.563. The number of aryl methyl sites for hydroxylation is 2. The second-order valence-corrected chi connectivity index (χ2v) is 6.34. The predicted octanol–water partition coefficient (Wildman–Crippen LogP) is 4.50. The Labute approximate surface area is 164 Å². The van der Waals surface area contributed by atoms with Crippen molar-refractivity contribution >= 4 is 17.6 Å². The molecule has 1 aromatic carbocycles. The zero-order chi connectivity index (χ0) is 20.3. The Morgan fingerprint density at radius 3 is 2.50 bits per heavy atom. The topological polar surface area (TPSA) is 66.2 Å². The Bertz CT molecular complexity index is 991. The largest absolute Gasteiger partial charge is 0.456 e. The lowest BCUT2D eigenvalue weighted by molar-refractivity contribution is -0.0498. The number of hydrogen-bond donors (Lipinski definition) is 0. The first-order valence-corrected chi connectivity index (χ1v) is 8.62. The zero-order valence-corrected chi connectivity index (χ0v) is 15.8. The van der Waals surface area contributed by atoms with Gasteiger partial charge in [-0.1, -0.05) is 23.7 Å². The number of halogens is 3. The fourth-order valence-corrected chi connectivity index (χ4v) is 2.72. The fraction of sp³-hybridized carbons (Fsp3) is 0.211. The minimum absolute atomic E-state index is 0.0207. The van der Waals surface area contributed by atoms with Gasteiger partial charge in [0, 0.05) is 5.69 Å². The third-order valence-electron chi connectivity index (χ3n) is 3.77. The van der Waals surface area contributed by atoms with Crippen molar-refractivity contribution in [3.63, 3.8) is 0 Å². The number of aromatic nitrogens is 3. The van der Waals surface area contributed by atoms with E-state index in [1.807, 2.05) is 19.9 Å². The van der Waals surface area contributed by atoms with Crippen molar-refractivity contribution in [1.29, 1.82) is 0 Å². The Morgan fingerprint density at radius 1 is 1.18 bits per heavy atom. The van der Waals surface area contributed by atoms with Gasteiger partial charge in [0.05, 0.1) is 10.7 Å². The Morgan fingerprint density at radius 2 is 1.89 bits per heavy atom. The molecule has 146 valence electrons. The lowest BCUT2D eigenvalue weighted by atomic mass is 10.2. The molecule has 28 heavy (non-hydrogen) atoms. The van der Waals surface area contributed by atoms with Crippen LogP contribution in [-0.2, 0) is 11.3 Å². The van der Waals surface area contributed by atoms with Crippen molar-refractivity contribution in [2.24, 2.45) is 0 Å². The SMILES string of the molecule is Cc1cc(C)n(-c2ccc(Cl)c(C(=O)OCc3ccc(OC(F)F)cc3)n2)n1. The summed E-state index contributed by atoms with van der Waals surface area (Å²) in [6.07, 6.45) is 0. The van der Waals surface area contributed by atoms with Gasteiger partial charge in [0.2, 0.25) is 0 Å². The molecule has 2 heterocycles. The molecule has 3 aromatic rings. The number of hydrogen-bond acceptors (Lipinski definition) is 5. The minimum Gasteiger partial charge on any atom is -0.456 e. The van der Waals surface area contributed by atoms with Gasteiger partial charge in [0.15, 0.2) is 11.5 Å². The average molecular weight is 408 g/mol. The van der Waals surface area contributed by atoms with Crippen LogP contribution in [0.25, 0.3) is 5.82 Å². The second-order valence-electron chi connectivity index (χ2n) is 5.94. The number of esters is 1. The summed E-state index contributed by atoms with van der Waals surface area (Å²) in [6.45, 7) is 0.754. The highest BCUT2D eigenvalue weighted by Crippen LogP contribution is 2.20. The molecule has 9 heteroatoms. The van der Waals surface area contributed by atoms with Crippen LogP contribution < -0.4 is 4.74 Å². The van der Waals surface area contributed by atoms with E-state index in [2.05, 4.69) is 14.8 Å². The molecule has 0 atom stereocenters. The van der Waals surface area contributed by atoms with Gasteiger partial charge in [-0.3, -0.25) is 0 Å². The van der Waals surface area contributed by atoms with Crippen molar-refractivity contribution < 1.29 is 23.0 Å². The number of benzene rings is 1. The lowest BCUT2D eigenvalue weighted by Gasteiger charge is -2.09. The van der Waals surface area contributed by atoms with Crippen LogP contribution in [0, 0.1) is 13.8 Å². The van der Waals surface area contributed by atoms with E-state index in [-0.39, 0.29) is 23.1 Å². The van der Waals surface area contributed by atoms with E-state index in [4.69, 9.17) is 16.3 Å². The number of rotatable bonds is 6. The highest BCUT2D eigenvalue weighted by atomic mass is 35.5. The van der Waals surface area contributed by atoms with Crippen LogP contribution in [0.2, 0.25) is 5.02 Å². The fourth-order valence-electron chi connectivity index (χ4n) is 2.54. The maximum atomic E-state index is 12.4. The Balaban J connectivity index is 1.72. The predicted molar refractivity (Wildman–Crippen MR) is 98.0 cm³/mol. The molecule has 6 nitrogen and oxygen atoms in total. The molecular formula is C19H16ClF2N3O3. The normalized spacial score (nSPS) is 10.9. The van der Waals surface area contributed by atoms with E-state index in [9.17, 15) is 13.6 Å². The number of alkyl halides is 2. The van der Waals surface area contributed by atoms with Gasteiger partial charge in [0.1, 0.15) is 12.4 Å². The molecule has 0 aliphatic rings. The molecule has 0 unspecified atom stereocenters. The molecule has 0 saturated carbocycles. The molecule has 0 aliphatic heterocycles. The van der Waals surface area contributed by atoms with E-state index in [0.29, 0.717) is 11.4 Å². The lowest BCUT2D eigenvalue weighted by Crippen LogP contribution is -2.11. The first kappa shape index (κ1) is 19.8. The molecule has 0 aliphatic carbocycles. The molecule has 0 amide bonds. The van der Waals surface area contributed by atoms with Crippen molar-refractivity contribution in [2.45, 2.75) is 27.1 Å². The molecule has 0 N–H and O–H groups in total. The van der Waals surface area contributed by atoms with Crippen LogP contribution in [0.15, 0.2) is 42.5 Å². The third kappa shape index (κ3) is 4.64. The third-order valence-corrected chi connectivity index (χ3v) is 4.07. The summed E-state index contributed by atoms with van der Waals surface area (Å²) in [6, 6.07) is 10.9. The average Bonchev–Trinajstić information content (AvgIpc) is 2.99. The smallest absolute Gasteiger partial charge is 0.387 e. The Hall–Kier alpha value is -3.00. The van der Waals surface area contributed by atoms with E-state index >= 15 is 0 Å². The Kier molecular flexibility index (Phi) is 5.89. The van der Waals surface area contributed by atoms with Crippen molar-refractivity contribution in [3.05, 3.63) is 70.1 Å². The van der Waals surface area contributed by atoms with E-state index in [1.165, 1.54) is 24.3 Å². The van der Waals surface area contributed by atoms with Crippen LogP contribution in [0.3, 0.4) is 0 Å². The summed E-state index contributed by atoms with van der Waals surface area (Å²) in [4.78, 5) is 16.7. The van der Waals surface area contributed by atoms with Crippen molar-refractivity contribution in [2.75, 3.05) is 0 Å². The number of ether oxygens (including phenoxy) is 2. The van der Waals surface area contributed by atoms with Gasteiger partial charge in [-0.25, -0.2) is 14.5 Å². The molecule has 0 spiro atoms. The van der Waals surface area contributed by atoms with E-state index in [1.54, 1.807) is 16.8 Å². The first-order chi connectivity index (χ1) is 13.3. The maximum Gasteiger partial charge on any atom is 0.387 e. The minimum atomic E-state index is -2.90. The molecule has 2 aromatic heterocycles. The standard InChI is InChI=1S/C19H16ClF2N3O3/c1-11-9-12(2)25(24-11)16-8-7-15(20)17(23-16)18(26)27-10-13-3-5-14(6-4-13)28-19(21)22/h3-9,19H,10H2,1-2H3. The molecule has 3 rings (SSSR count). The van der Waals surface area contributed by atoms with Crippen LogP contribution in [0.4, 0.5) is 8.78 Å². The van der Waals surface area contributed by atoms with E-state index in [0.717, 1.165) is 11.4 Å². The molecular weight excluding hydrogens is 392 g/mol. The first-order valence-electron chi connectivity index (χ1n) is 8.24. The van der Waals surface area contributed by atoms with Crippen LogP contribution in [-0.4, -0.2) is 27.3 Å². The molecule has 0 bridgehead atoms. The number of pyridine rings is 1. The number of carbonyl (C=O) groups excluding carboxylic acids is 1. The summed E-state index contributed by atoms with van der Waals surface area (Å²) in [5.41, 5.74) is 2.24. The summed E-state index contributed by atoms with van der Waals surface area (Å²) < 4.78 is 35.4. The molecule has 0 radical (unpaired) electrons. The van der Waals surface area contributed by atoms with Crippen LogP contribution in [0.1, 0.15) is 27.4 Å². The van der Waals surface area contributed by atoms with Crippen LogP contribution >= 0.6 is 11.6 Å². The highest BCUT2D eigenvalue weighted by Gasteiger charge is 2.17. The van der Waals surface area contributed by atoms with Crippen LogP contribution in [0.5, 0.6) is 5.75 Å². The van der Waals surface area contributed by atoms with E-state index < -0.39 is 12.6 Å². The van der Waals surface area contributed by atoms with Gasteiger partial charge in [-0.2, -0.15) is 13.9 Å². The number of nitrogens with zero attached hydrogens (tertiary/aromatic N) is 3. The summed E-state index contributed by atoms with van der Waals surface area (Å²) in [5, 5.41) is 4.48. The summed E-state index contributed by atoms with van der Waals surface area (Å²) in [5.74, 6) is -0.246. The molecule has 0 saturated heterocycles. The monoisotopic (exact) mass is 407 g/mol. The summed E-state index contributed by atoms with van der Waals surface area (Å²) >= 11 is 6.09. The van der Waals surface area contributed by atoms with Gasteiger partial charge in [-0.05, 0) is 49.7 Å². The molecule has 0 fully saturated rings. The van der Waals surface area contributed by atoms with Crippen molar-refractivity contribution in [1.82, 2.24) is 14.8 Å². The highest BCUT2D eigenvalue weighted by molar-refractivity contribution is 6.33.